The van der Waals surface area contributed by atoms with Crippen molar-refractivity contribution in [1.29, 1.82) is 0 Å². The van der Waals surface area contributed by atoms with E-state index < -0.39 is 5.60 Å². The van der Waals surface area contributed by atoms with Crippen molar-refractivity contribution in [2.75, 3.05) is 13.0 Å². The topological polar surface area (TPSA) is 29.5 Å². The van der Waals surface area contributed by atoms with Gasteiger partial charge < -0.3 is 9.84 Å². The number of unbranched alkanes of at least 4 members (excludes halogenated alkanes) is 1. The van der Waals surface area contributed by atoms with Gasteiger partial charge in [-0.05, 0) is 43.4 Å². The van der Waals surface area contributed by atoms with E-state index in [1.54, 1.807) is 7.11 Å². The molecule has 0 fully saturated rings. The van der Waals surface area contributed by atoms with Gasteiger partial charge in [-0.1, -0.05) is 19.1 Å². The fourth-order valence-electron chi connectivity index (χ4n) is 1.94. The Labute approximate surface area is 109 Å². The molecule has 0 aliphatic rings. The Bertz CT molecular complexity index is 323. The first-order valence-electron chi connectivity index (χ1n) is 6.09. The minimum absolute atomic E-state index is 0.655. The monoisotopic (exact) mass is 256 g/mol. The highest BCUT2D eigenvalue weighted by molar-refractivity contribution is 6.17. The van der Waals surface area contributed by atoms with Crippen LogP contribution in [0.25, 0.3) is 0 Å². The van der Waals surface area contributed by atoms with Crippen LogP contribution in [0.4, 0.5) is 0 Å². The molecule has 96 valence electrons. The number of aliphatic hydroxyl groups is 1. The van der Waals surface area contributed by atoms with Gasteiger partial charge in [0.25, 0.3) is 0 Å². The predicted molar refractivity (Wildman–Crippen MR) is 71.8 cm³/mol. The highest BCUT2D eigenvalue weighted by Crippen LogP contribution is 2.31. The summed E-state index contributed by atoms with van der Waals surface area (Å²) in [6, 6.07) is 7.64. The molecule has 0 saturated carbocycles. The van der Waals surface area contributed by atoms with E-state index in [-0.39, 0.29) is 0 Å². The second-order valence-corrected chi connectivity index (χ2v) is 4.64. The van der Waals surface area contributed by atoms with E-state index in [0.29, 0.717) is 12.3 Å². The number of hydrogen-bond donors (Lipinski definition) is 1. The molecule has 3 heteroatoms. The van der Waals surface area contributed by atoms with Gasteiger partial charge in [0.2, 0.25) is 0 Å². The molecule has 0 amide bonds. The average Bonchev–Trinajstić information content (AvgIpc) is 2.39. The largest absolute Gasteiger partial charge is 0.497 e. The van der Waals surface area contributed by atoms with Gasteiger partial charge in [0.1, 0.15) is 5.75 Å². The number of alkyl halides is 1. The van der Waals surface area contributed by atoms with Crippen LogP contribution in [-0.4, -0.2) is 18.1 Å². The van der Waals surface area contributed by atoms with E-state index >= 15 is 0 Å². The first-order valence-corrected chi connectivity index (χ1v) is 6.62. The number of hydrogen-bond acceptors (Lipinski definition) is 2. The van der Waals surface area contributed by atoms with Crippen molar-refractivity contribution in [2.24, 2.45) is 0 Å². The molecule has 0 bridgehead atoms. The number of benzene rings is 1. The molecule has 0 aromatic heterocycles. The summed E-state index contributed by atoms with van der Waals surface area (Å²) in [4.78, 5) is 0. The van der Waals surface area contributed by atoms with Gasteiger partial charge in [-0.25, -0.2) is 0 Å². The zero-order valence-electron chi connectivity index (χ0n) is 10.6. The van der Waals surface area contributed by atoms with Gasteiger partial charge >= 0.3 is 0 Å². The number of rotatable bonds is 7. The Morgan fingerprint density at radius 2 is 1.88 bits per heavy atom. The van der Waals surface area contributed by atoms with Crippen molar-refractivity contribution in [1.82, 2.24) is 0 Å². The van der Waals surface area contributed by atoms with Crippen LogP contribution in [-0.2, 0) is 5.60 Å². The Kier molecular flexibility index (Phi) is 5.79. The quantitative estimate of drug-likeness (QED) is 0.595. The van der Waals surface area contributed by atoms with Crippen LogP contribution in [0.5, 0.6) is 5.75 Å². The van der Waals surface area contributed by atoms with E-state index in [2.05, 4.69) is 0 Å². The maximum absolute atomic E-state index is 10.6. The number of halogens is 1. The minimum atomic E-state index is -0.738. The maximum Gasteiger partial charge on any atom is 0.118 e. The lowest BCUT2D eigenvalue weighted by molar-refractivity contribution is 0.0212. The molecule has 0 saturated heterocycles. The lowest BCUT2D eigenvalue weighted by Gasteiger charge is -2.27. The summed E-state index contributed by atoms with van der Waals surface area (Å²) in [5.41, 5.74) is 0.216. The molecule has 1 atom stereocenters. The Balaban J connectivity index is 2.75. The highest BCUT2D eigenvalue weighted by Gasteiger charge is 2.26. The van der Waals surface area contributed by atoms with E-state index in [0.717, 1.165) is 30.6 Å². The Morgan fingerprint density at radius 3 is 2.35 bits per heavy atom. The summed E-state index contributed by atoms with van der Waals surface area (Å²) in [7, 11) is 1.64. The molecule has 0 unspecified atom stereocenters. The van der Waals surface area contributed by atoms with Crippen molar-refractivity contribution >= 4 is 11.6 Å². The van der Waals surface area contributed by atoms with Crippen LogP contribution >= 0.6 is 11.6 Å². The lowest BCUT2D eigenvalue weighted by atomic mass is 9.86. The van der Waals surface area contributed by atoms with Crippen molar-refractivity contribution in [3.63, 3.8) is 0 Å². The lowest BCUT2D eigenvalue weighted by Crippen LogP contribution is -2.24. The van der Waals surface area contributed by atoms with Crippen LogP contribution in [0.15, 0.2) is 24.3 Å². The molecule has 1 aromatic carbocycles. The first-order chi connectivity index (χ1) is 8.16. The summed E-state index contributed by atoms with van der Waals surface area (Å²) in [5, 5.41) is 10.6. The molecule has 0 heterocycles. The maximum atomic E-state index is 10.6. The van der Waals surface area contributed by atoms with Crippen LogP contribution in [0, 0.1) is 0 Å². The van der Waals surface area contributed by atoms with Crippen LogP contribution < -0.4 is 4.74 Å². The van der Waals surface area contributed by atoms with E-state index in [9.17, 15) is 5.11 Å². The van der Waals surface area contributed by atoms with Crippen molar-refractivity contribution in [3.8, 4) is 5.75 Å². The van der Waals surface area contributed by atoms with Crippen LogP contribution in [0.2, 0.25) is 0 Å². The summed E-state index contributed by atoms with van der Waals surface area (Å²) >= 11 is 5.66. The molecule has 2 nitrogen and oxygen atoms in total. The van der Waals surface area contributed by atoms with Gasteiger partial charge in [-0.3, -0.25) is 0 Å². The molecule has 0 radical (unpaired) electrons. The van der Waals surface area contributed by atoms with Gasteiger partial charge in [-0.2, -0.15) is 0 Å². The van der Waals surface area contributed by atoms with Gasteiger partial charge in [0, 0.05) is 5.88 Å². The Morgan fingerprint density at radius 1 is 1.24 bits per heavy atom. The molecule has 1 N–H and O–H groups in total. The summed E-state index contributed by atoms with van der Waals surface area (Å²) in [5.74, 6) is 1.47. The fourth-order valence-corrected chi connectivity index (χ4v) is 2.13. The molecular formula is C14H21ClO2. The van der Waals surface area contributed by atoms with Crippen molar-refractivity contribution in [3.05, 3.63) is 29.8 Å². The molecule has 17 heavy (non-hydrogen) atoms. The molecule has 1 aromatic rings. The van der Waals surface area contributed by atoms with E-state index in [4.69, 9.17) is 16.3 Å². The second kappa shape index (κ2) is 6.87. The standard InChI is InChI=1S/C14H21ClO2/c1-3-14(16,10-4-5-11-15)12-6-8-13(17-2)9-7-12/h6-9,16H,3-5,10-11H2,1-2H3/t14-/m1/s1. The van der Waals surface area contributed by atoms with Crippen molar-refractivity contribution in [2.45, 2.75) is 38.2 Å². The Hall–Kier alpha value is -0.730. The van der Waals surface area contributed by atoms with Gasteiger partial charge in [0.15, 0.2) is 0 Å². The summed E-state index contributed by atoms with van der Waals surface area (Å²) in [6.45, 7) is 2.00. The molecule has 0 spiro atoms. The van der Waals surface area contributed by atoms with Gasteiger partial charge in [-0.15, -0.1) is 11.6 Å². The fraction of sp³-hybridized carbons (Fsp3) is 0.571. The summed E-state index contributed by atoms with van der Waals surface area (Å²) in [6.07, 6.45) is 3.35. The van der Waals surface area contributed by atoms with E-state index in [1.165, 1.54) is 0 Å². The third-order valence-corrected chi connectivity index (χ3v) is 3.45. The molecular weight excluding hydrogens is 236 g/mol. The number of ether oxygens (including phenoxy) is 1. The minimum Gasteiger partial charge on any atom is -0.497 e. The SMILES string of the molecule is CC[C@@](O)(CCCCCl)c1ccc(OC)cc1. The second-order valence-electron chi connectivity index (χ2n) is 4.26. The van der Waals surface area contributed by atoms with Crippen LogP contribution in [0.3, 0.4) is 0 Å². The highest BCUT2D eigenvalue weighted by atomic mass is 35.5. The van der Waals surface area contributed by atoms with Crippen molar-refractivity contribution < 1.29 is 9.84 Å². The summed E-state index contributed by atoms with van der Waals surface area (Å²) < 4.78 is 5.11. The first kappa shape index (κ1) is 14.3. The van der Waals surface area contributed by atoms with Crippen LogP contribution in [0.1, 0.15) is 38.2 Å². The van der Waals surface area contributed by atoms with Gasteiger partial charge in [0.05, 0.1) is 12.7 Å². The third kappa shape index (κ3) is 3.90. The molecule has 0 aliphatic carbocycles. The number of methoxy groups -OCH3 is 1. The zero-order chi connectivity index (χ0) is 12.7. The predicted octanol–water partition coefficient (Wildman–Crippen LogP) is 3.70. The average molecular weight is 257 g/mol. The smallest absolute Gasteiger partial charge is 0.118 e. The zero-order valence-corrected chi connectivity index (χ0v) is 11.3. The van der Waals surface area contributed by atoms with E-state index in [1.807, 2.05) is 31.2 Å². The third-order valence-electron chi connectivity index (χ3n) is 3.19. The molecule has 0 aliphatic heterocycles. The molecule has 1 rings (SSSR count). The normalized spacial score (nSPS) is 14.4.